The molecule has 8 heteroatoms. The fourth-order valence-corrected chi connectivity index (χ4v) is 3.49. The normalized spacial score (nSPS) is 11.6. The smallest absolute Gasteiger partial charge is 0.325 e. The number of nitrogens with one attached hydrogen (secondary N) is 2. The Kier molecular flexibility index (Phi) is 4.82. The molecule has 5 rings (SSSR count). The van der Waals surface area contributed by atoms with E-state index in [1.54, 1.807) is 12.1 Å². The van der Waals surface area contributed by atoms with Gasteiger partial charge in [0.1, 0.15) is 11.6 Å². The Hall–Kier alpha value is -4.20. The lowest BCUT2D eigenvalue weighted by molar-refractivity contribution is -0.137. The Bertz CT molecular complexity index is 1390. The van der Waals surface area contributed by atoms with Crippen LogP contribution in [-0.2, 0) is 6.18 Å². The summed E-state index contributed by atoms with van der Waals surface area (Å²) in [6, 6.07) is 23.9. The molecule has 0 saturated heterocycles. The van der Waals surface area contributed by atoms with Crippen LogP contribution in [0.2, 0.25) is 0 Å². The molecule has 2 N–H and O–H groups in total. The van der Waals surface area contributed by atoms with E-state index in [9.17, 15) is 13.2 Å². The van der Waals surface area contributed by atoms with E-state index in [0.717, 1.165) is 17.3 Å². The molecule has 0 aliphatic rings. The second-order valence-corrected chi connectivity index (χ2v) is 7.11. The summed E-state index contributed by atoms with van der Waals surface area (Å²) in [6.07, 6.45) is -4.52. The maximum Gasteiger partial charge on any atom is 0.417 e. The highest BCUT2D eigenvalue weighted by Crippen LogP contribution is 2.37. The number of H-pyrrole nitrogens is 1. The van der Waals surface area contributed by atoms with Gasteiger partial charge in [-0.1, -0.05) is 60.7 Å². The second-order valence-electron chi connectivity index (χ2n) is 7.11. The molecule has 5 nitrogen and oxygen atoms in total. The second kappa shape index (κ2) is 7.81. The SMILES string of the molecule is FC(F)(F)c1ccccc1-c1nc(Nc2cc(-c3ccccc3)n[nH]2)c2ccccc2n1. The zero-order valence-corrected chi connectivity index (χ0v) is 16.6. The molecule has 0 unspecified atom stereocenters. The molecule has 0 amide bonds. The number of hydrogen-bond acceptors (Lipinski definition) is 4. The van der Waals surface area contributed by atoms with Crippen LogP contribution in [0.15, 0.2) is 84.9 Å². The largest absolute Gasteiger partial charge is 0.417 e. The van der Waals surface area contributed by atoms with Crippen molar-refractivity contribution >= 4 is 22.5 Å². The van der Waals surface area contributed by atoms with Gasteiger partial charge in [0.05, 0.1) is 16.8 Å². The first-order chi connectivity index (χ1) is 15.5. The molecular formula is C24H16F3N5. The molecule has 0 spiro atoms. The van der Waals surface area contributed by atoms with Crippen molar-refractivity contribution in [2.24, 2.45) is 0 Å². The van der Waals surface area contributed by atoms with Gasteiger partial charge in [0, 0.05) is 22.6 Å². The Morgan fingerprint density at radius 3 is 2.31 bits per heavy atom. The van der Waals surface area contributed by atoms with Gasteiger partial charge in [-0.25, -0.2) is 9.97 Å². The van der Waals surface area contributed by atoms with Crippen LogP contribution in [0.5, 0.6) is 0 Å². The van der Waals surface area contributed by atoms with Crippen molar-refractivity contribution in [1.82, 2.24) is 20.2 Å². The van der Waals surface area contributed by atoms with Crippen LogP contribution in [-0.4, -0.2) is 20.2 Å². The average Bonchev–Trinajstić information content (AvgIpc) is 3.27. The van der Waals surface area contributed by atoms with Crippen LogP contribution in [0.1, 0.15) is 5.56 Å². The van der Waals surface area contributed by atoms with Crippen molar-refractivity contribution in [1.29, 1.82) is 0 Å². The van der Waals surface area contributed by atoms with Gasteiger partial charge in [-0.3, -0.25) is 5.10 Å². The molecule has 0 fully saturated rings. The Morgan fingerprint density at radius 1 is 0.781 bits per heavy atom. The summed E-state index contributed by atoms with van der Waals surface area (Å²) in [6.45, 7) is 0. The van der Waals surface area contributed by atoms with Gasteiger partial charge < -0.3 is 5.32 Å². The fraction of sp³-hybridized carbons (Fsp3) is 0.0417. The molecule has 2 aromatic heterocycles. The average molecular weight is 431 g/mol. The quantitative estimate of drug-likeness (QED) is 0.343. The number of rotatable bonds is 4. The standard InChI is InChI=1S/C24H16F3N5/c25-24(26,27)18-12-6-4-10-16(18)22-28-19-13-7-5-11-17(19)23(30-22)29-21-14-20(31-32-21)15-8-2-1-3-9-15/h1-14H,(H2,28,29,30,31,32). The predicted octanol–water partition coefficient (Wildman–Crippen LogP) is 6.45. The van der Waals surface area contributed by atoms with Crippen LogP contribution in [0.4, 0.5) is 24.8 Å². The Morgan fingerprint density at radius 2 is 1.50 bits per heavy atom. The van der Waals surface area contributed by atoms with Crippen molar-refractivity contribution in [3.05, 3.63) is 90.5 Å². The minimum atomic E-state index is -4.52. The summed E-state index contributed by atoms with van der Waals surface area (Å²) in [4.78, 5) is 8.85. The fourth-order valence-electron chi connectivity index (χ4n) is 3.49. The summed E-state index contributed by atoms with van der Waals surface area (Å²) in [5, 5.41) is 11.1. The summed E-state index contributed by atoms with van der Waals surface area (Å²) >= 11 is 0. The molecular weight excluding hydrogens is 415 g/mol. The van der Waals surface area contributed by atoms with Gasteiger partial charge in [0.2, 0.25) is 0 Å². The highest BCUT2D eigenvalue weighted by molar-refractivity contribution is 5.92. The molecule has 0 bridgehead atoms. The maximum absolute atomic E-state index is 13.6. The number of para-hydroxylation sites is 1. The van der Waals surface area contributed by atoms with Gasteiger partial charge in [-0.05, 0) is 18.2 Å². The third-order valence-electron chi connectivity index (χ3n) is 4.98. The lowest BCUT2D eigenvalue weighted by Gasteiger charge is -2.14. The summed E-state index contributed by atoms with van der Waals surface area (Å²) in [5.74, 6) is 0.926. The number of anilines is 2. The van der Waals surface area contributed by atoms with Gasteiger partial charge in [0.15, 0.2) is 5.82 Å². The van der Waals surface area contributed by atoms with Gasteiger partial charge in [-0.2, -0.15) is 18.3 Å². The van der Waals surface area contributed by atoms with Gasteiger partial charge in [0.25, 0.3) is 0 Å². The Balaban J connectivity index is 1.60. The zero-order valence-electron chi connectivity index (χ0n) is 16.6. The minimum absolute atomic E-state index is 0.0121. The molecule has 3 aromatic carbocycles. The minimum Gasteiger partial charge on any atom is -0.325 e. The van der Waals surface area contributed by atoms with Gasteiger partial charge >= 0.3 is 6.18 Å². The summed E-state index contributed by atoms with van der Waals surface area (Å²) in [7, 11) is 0. The summed E-state index contributed by atoms with van der Waals surface area (Å²) < 4.78 is 40.7. The van der Waals surface area contributed by atoms with E-state index in [4.69, 9.17) is 0 Å². The van der Waals surface area contributed by atoms with Crippen molar-refractivity contribution in [3.63, 3.8) is 0 Å². The summed E-state index contributed by atoms with van der Waals surface area (Å²) in [5.41, 5.74) is 1.33. The van der Waals surface area contributed by atoms with E-state index in [2.05, 4.69) is 25.5 Å². The third-order valence-corrected chi connectivity index (χ3v) is 4.98. The van der Waals surface area contributed by atoms with Crippen molar-refractivity contribution in [2.75, 3.05) is 5.32 Å². The van der Waals surface area contributed by atoms with Crippen LogP contribution in [0, 0.1) is 0 Å². The molecule has 0 saturated carbocycles. The lowest BCUT2D eigenvalue weighted by atomic mass is 10.1. The number of hydrogen-bond donors (Lipinski definition) is 2. The van der Waals surface area contributed by atoms with Crippen LogP contribution < -0.4 is 5.32 Å². The highest BCUT2D eigenvalue weighted by atomic mass is 19.4. The first-order valence-electron chi connectivity index (χ1n) is 9.80. The van der Waals surface area contributed by atoms with Crippen molar-refractivity contribution in [2.45, 2.75) is 6.18 Å². The molecule has 2 heterocycles. The molecule has 0 aliphatic carbocycles. The third kappa shape index (κ3) is 3.78. The first-order valence-corrected chi connectivity index (χ1v) is 9.80. The van der Waals surface area contributed by atoms with Crippen molar-refractivity contribution in [3.8, 4) is 22.6 Å². The molecule has 0 atom stereocenters. The monoisotopic (exact) mass is 431 g/mol. The van der Waals surface area contributed by atoms with E-state index < -0.39 is 11.7 Å². The van der Waals surface area contributed by atoms with Crippen LogP contribution in [0.25, 0.3) is 33.5 Å². The zero-order chi connectivity index (χ0) is 22.1. The molecule has 0 radical (unpaired) electrons. The number of halogens is 3. The highest BCUT2D eigenvalue weighted by Gasteiger charge is 2.34. The molecule has 158 valence electrons. The van der Waals surface area contributed by atoms with E-state index in [1.807, 2.05) is 48.5 Å². The number of benzene rings is 3. The molecule has 5 aromatic rings. The van der Waals surface area contributed by atoms with Crippen LogP contribution >= 0.6 is 0 Å². The number of aromatic nitrogens is 4. The topological polar surface area (TPSA) is 66.5 Å². The lowest BCUT2D eigenvalue weighted by Crippen LogP contribution is -2.08. The van der Waals surface area contributed by atoms with Crippen LogP contribution in [0.3, 0.4) is 0 Å². The number of fused-ring (bicyclic) bond motifs is 1. The molecule has 32 heavy (non-hydrogen) atoms. The van der Waals surface area contributed by atoms with Gasteiger partial charge in [-0.15, -0.1) is 0 Å². The number of alkyl halides is 3. The maximum atomic E-state index is 13.6. The van der Waals surface area contributed by atoms with E-state index in [-0.39, 0.29) is 11.4 Å². The number of aromatic amines is 1. The van der Waals surface area contributed by atoms with E-state index in [0.29, 0.717) is 22.5 Å². The Labute approximate surface area is 181 Å². The first kappa shape index (κ1) is 19.7. The van der Waals surface area contributed by atoms with E-state index >= 15 is 0 Å². The number of nitrogens with zero attached hydrogens (tertiary/aromatic N) is 3. The predicted molar refractivity (Wildman–Crippen MR) is 117 cm³/mol. The molecule has 0 aliphatic heterocycles. The van der Waals surface area contributed by atoms with E-state index in [1.165, 1.54) is 18.2 Å². The van der Waals surface area contributed by atoms with Crippen molar-refractivity contribution < 1.29 is 13.2 Å².